The number of benzene rings is 2. The van der Waals surface area contributed by atoms with Crippen LogP contribution in [0.4, 0.5) is 0 Å². The molecule has 47 heavy (non-hydrogen) atoms. The Morgan fingerprint density at radius 1 is 0.979 bits per heavy atom. The minimum atomic E-state index is -0.892. The number of rotatable bonds is 10. The second-order valence-corrected chi connectivity index (χ2v) is 13.3. The zero-order chi connectivity index (χ0) is 33.2. The van der Waals surface area contributed by atoms with Gasteiger partial charge in [-0.15, -0.1) is 5.10 Å². The first-order chi connectivity index (χ1) is 22.7. The van der Waals surface area contributed by atoms with Gasteiger partial charge in [0.25, 0.3) is 11.8 Å². The zero-order valence-corrected chi connectivity index (χ0v) is 27.4. The standard InChI is InChI=1S/C35H43N9O3/c1-22(19-36)44(27-11-12-27)30(45)20-39-34(15-5-4-6-16-34)21-35(33-40-42-43-41-33)28-13-9-25(31(46)37-2)17-23(28)7-8-24-18-26(32(47)38-3)10-14-29(24)35/h9-10,13-14,17-18,22,27,39H,4-8,11-12,15-16,20-21H2,1-3H3,(H,37,46)(H,38,47)(H,40,41,42,43). The van der Waals surface area contributed by atoms with E-state index < -0.39 is 17.0 Å². The van der Waals surface area contributed by atoms with Crippen molar-refractivity contribution in [2.24, 2.45) is 0 Å². The van der Waals surface area contributed by atoms with E-state index >= 15 is 0 Å². The smallest absolute Gasteiger partial charge is 0.251 e. The van der Waals surface area contributed by atoms with Crippen LogP contribution in [-0.2, 0) is 23.1 Å². The monoisotopic (exact) mass is 637 g/mol. The van der Waals surface area contributed by atoms with Crippen LogP contribution in [-0.4, -0.2) is 81.5 Å². The zero-order valence-electron chi connectivity index (χ0n) is 27.4. The number of hydrogen-bond acceptors (Lipinski definition) is 8. The Labute approximate surface area is 275 Å². The molecular weight excluding hydrogens is 594 g/mol. The summed E-state index contributed by atoms with van der Waals surface area (Å²) in [6, 6.07) is 13.6. The molecule has 2 aromatic carbocycles. The first kappa shape index (κ1) is 32.3. The van der Waals surface area contributed by atoms with Gasteiger partial charge in [0.05, 0.1) is 18.0 Å². The molecule has 3 aromatic rings. The lowest BCUT2D eigenvalue weighted by Crippen LogP contribution is -2.56. The van der Waals surface area contributed by atoms with E-state index in [2.05, 4.69) is 42.6 Å². The summed E-state index contributed by atoms with van der Waals surface area (Å²) >= 11 is 0. The number of aromatic nitrogens is 4. The van der Waals surface area contributed by atoms with Gasteiger partial charge in [0.1, 0.15) is 6.04 Å². The second-order valence-electron chi connectivity index (χ2n) is 13.3. The van der Waals surface area contributed by atoms with Crippen LogP contribution in [0.1, 0.15) is 107 Å². The van der Waals surface area contributed by atoms with Crippen molar-refractivity contribution in [1.82, 2.24) is 41.5 Å². The highest BCUT2D eigenvalue weighted by Crippen LogP contribution is 2.51. The third-order valence-electron chi connectivity index (χ3n) is 10.4. The van der Waals surface area contributed by atoms with E-state index in [4.69, 9.17) is 0 Å². The number of fused-ring (bicyclic) bond motifs is 2. The third kappa shape index (κ3) is 6.12. The number of nitrogens with one attached hydrogen (secondary N) is 4. The Hall–Kier alpha value is -4.63. The Morgan fingerprint density at radius 3 is 2.06 bits per heavy atom. The maximum Gasteiger partial charge on any atom is 0.251 e. The number of aromatic amines is 1. The molecule has 0 radical (unpaired) electrons. The summed E-state index contributed by atoms with van der Waals surface area (Å²) in [5.74, 6) is 0.172. The molecular formula is C35H43N9O3. The molecule has 2 fully saturated rings. The summed E-state index contributed by atoms with van der Waals surface area (Å²) in [4.78, 5) is 41.0. The van der Waals surface area contributed by atoms with Crippen LogP contribution in [0.25, 0.3) is 0 Å². The highest BCUT2D eigenvalue weighted by Gasteiger charge is 2.50. The van der Waals surface area contributed by atoms with E-state index in [0.717, 1.165) is 67.2 Å². The molecule has 0 bridgehead atoms. The van der Waals surface area contributed by atoms with Crippen molar-refractivity contribution in [3.63, 3.8) is 0 Å². The van der Waals surface area contributed by atoms with Gasteiger partial charge < -0.3 is 20.9 Å². The molecule has 1 heterocycles. The molecule has 3 amide bonds. The van der Waals surface area contributed by atoms with Gasteiger partial charge >= 0.3 is 0 Å². The predicted molar refractivity (Wildman–Crippen MR) is 175 cm³/mol. The normalized spacial score (nSPS) is 18.4. The van der Waals surface area contributed by atoms with E-state index in [-0.39, 0.29) is 30.3 Å². The number of carbonyl (C=O) groups excluding carboxylic acids is 3. The molecule has 4 N–H and O–H groups in total. The molecule has 2 saturated carbocycles. The van der Waals surface area contributed by atoms with E-state index in [1.807, 2.05) is 36.4 Å². The molecule has 3 aliphatic rings. The molecule has 1 aromatic heterocycles. The van der Waals surface area contributed by atoms with Gasteiger partial charge in [-0.1, -0.05) is 31.4 Å². The molecule has 0 spiro atoms. The topological polar surface area (TPSA) is 169 Å². The highest BCUT2D eigenvalue weighted by molar-refractivity contribution is 5.95. The molecule has 1 unspecified atom stereocenters. The van der Waals surface area contributed by atoms with E-state index in [9.17, 15) is 19.6 Å². The Kier molecular flexibility index (Phi) is 9.10. The van der Waals surface area contributed by atoms with E-state index in [1.165, 1.54) is 0 Å². The summed E-state index contributed by atoms with van der Waals surface area (Å²) in [6.45, 7) is 1.91. The fourth-order valence-electron chi connectivity index (χ4n) is 7.95. The lowest BCUT2D eigenvalue weighted by Gasteiger charge is -2.46. The number of tetrazole rings is 1. The Balaban J connectivity index is 1.51. The minimum Gasteiger partial charge on any atom is -0.355 e. The molecule has 1 atom stereocenters. The van der Waals surface area contributed by atoms with Crippen molar-refractivity contribution in [1.29, 1.82) is 5.26 Å². The maximum absolute atomic E-state index is 13.7. The van der Waals surface area contributed by atoms with Crippen LogP contribution in [0, 0.1) is 11.3 Å². The quantitative estimate of drug-likeness (QED) is 0.263. The minimum absolute atomic E-state index is 0.0611. The van der Waals surface area contributed by atoms with Crippen molar-refractivity contribution in [2.75, 3.05) is 20.6 Å². The highest BCUT2D eigenvalue weighted by atomic mass is 16.2. The summed E-state index contributed by atoms with van der Waals surface area (Å²) < 4.78 is 0. The first-order valence-corrected chi connectivity index (χ1v) is 16.7. The van der Waals surface area contributed by atoms with Crippen molar-refractivity contribution >= 4 is 17.7 Å². The molecule has 3 aliphatic carbocycles. The van der Waals surface area contributed by atoms with Crippen molar-refractivity contribution < 1.29 is 14.4 Å². The van der Waals surface area contributed by atoms with Crippen LogP contribution in [0.5, 0.6) is 0 Å². The number of carbonyl (C=O) groups is 3. The predicted octanol–water partition coefficient (Wildman–Crippen LogP) is 2.94. The number of nitriles is 1. The SMILES string of the molecule is CNC(=O)c1ccc2c(c1)CCc1cc(C(=O)NC)ccc1C2(CC1(NCC(=O)N(C(C)C#N)C2CC2)CCCCC1)c1nnn[nH]1. The van der Waals surface area contributed by atoms with Crippen molar-refractivity contribution in [3.8, 4) is 6.07 Å². The van der Waals surface area contributed by atoms with Crippen LogP contribution in [0.2, 0.25) is 0 Å². The number of aryl methyl sites for hydroxylation is 2. The second kappa shape index (κ2) is 13.2. The van der Waals surface area contributed by atoms with Gasteiger partial charge in [-0.3, -0.25) is 14.4 Å². The van der Waals surface area contributed by atoms with Crippen LogP contribution < -0.4 is 16.0 Å². The molecule has 0 saturated heterocycles. The fourth-order valence-corrected chi connectivity index (χ4v) is 7.95. The summed E-state index contributed by atoms with van der Waals surface area (Å²) in [7, 11) is 3.24. The number of H-pyrrole nitrogens is 1. The lowest BCUT2D eigenvalue weighted by atomic mass is 9.62. The maximum atomic E-state index is 13.7. The number of amides is 3. The molecule has 246 valence electrons. The summed E-state index contributed by atoms with van der Waals surface area (Å²) in [5.41, 5.74) is 3.76. The van der Waals surface area contributed by atoms with Gasteiger partial charge in [0, 0.05) is 36.8 Å². The van der Waals surface area contributed by atoms with Crippen molar-refractivity contribution in [2.45, 2.75) is 94.2 Å². The molecule has 12 nitrogen and oxygen atoms in total. The molecule has 12 heteroatoms. The average molecular weight is 638 g/mol. The fraction of sp³-hybridized carbons (Fsp3) is 0.514. The van der Waals surface area contributed by atoms with Gasteiger partial charge in [0.2, 0.25) is 5.91 Å². The number of hydrogen-bond donors (Lipinski definition) is 4. The van der Waals surface area contributed by atoms with Gasteiger partial charge in [-0.2, -0.15) is 5.26 Å². The Bertz CT molecular complexity index is 1620. The Morgan fingerprint density at radius 2 is 1.57 bits per heavy atom. The summed E-state index contributed by atoms with van der Waals surface area (Å²) in [6.07, 6.45) is 8.48. The van der Waals surface area contributed by atoms with Crippen LogP contribution >= 0.6 is 0 Å². The largest absolute Gasteiger partial charge is 0.355 e. The van der Waals surface area contributed by atoms with Crippen LogP contribution in [0.3, 0.4) is 0 Å². The van der Waals surface area contributed by atoms with Crippen molar-refractivity contribution in [3.05, 3.63) is 75.6 Å². The first-order valence-electron chi connectivity index (χ1n) is 16.7. The average Bonchev–Trinajstić information content (AvgIpc) is 3.80. The molecule has 0 aliphatic heterocycles. The molecule has 6 rings (SSSR count). The van der Waals surface area contributed by atoms with Gasteiger partial charge in [-0.25, -0.2) is 5.10 Å². The van der Waals surface area contributed by atoms with Crippen LogP contribution in [0.15, 0.2) is 36.4 Å². The summed E-state index contributed by atoms with van der Waals surface area (Å²) in [5, 5.41) is 34.7. The number of nitrogens with zero attached hydrogens (tertiary/aromatic N) is 5. The third-order valence-corrected chi connectivity index (χ3v) is 10.4. The van der Waals surface area contributed by atoms with Gasteiger partial charge in [0.15, 0.2) is 5.82 Å². The van der Waals surface area contributed by atoms with E-state index in [0.29, 0.717) is 36.2 Å². The lowest BCUT2D eigenvalue weighted by molar-refractivity contribution is -0.132. The van der Waals surface area contributed by atoms with Gasteiger partial charge in [-0.05, 0) is 109 Å². The van der Waals surface area contributed by atoms with E-state index in [1.54, 1.807) is 25.9 Å².